The summed E-state index contributed by atoms with van der Waals surface area (Å²) in [6, 6.07) is 0. The fraction of sp³-hybridized carbons (Fsp3) is 0.667. The number of nitrogens with one attached hydrogen (secondary N) is 3. The van der Waals surface area contributed by atoms with Gasteiger partial charge in [0.05, 0.1) is 5.41 Å². The number of aromatic nitrogens is 2. The zero-order valence-electron chi connectivity index (χ0n) is 10.3. The normalized spacial score (nSPS) is 23.8. The molecule has 1 atom stereocenters. The van der Waals surface area contributed by atoms with Gasteiger partial charge in [-0.05, 0) is 26.3 Å². The highest BCUT2D eigenvalue weighted by Gasteiger charge is 2.35. The molecule has 1 aliphatic heterocycles. The fourth-order valence-corrected chi connectivity index (χ4v) is 2.12. The number of aryl methyl sites for hydroxylation is 1. The number of carbonyl (C=O) groups excluding carboxylic acids is 1. The van der Waals surface area contributed by atoms with Crippen LogP contribution in [0.2, 0.25) is 0 Å². The maximum Gasteiger partial charge on any atom is 0.227 e. The lowest BCUT2D eigenvalue weighted by atomic mass is 9.89. The Morgan fingerprint density at radius 3 is 3.18 bits per heavy atom. The Kier molecular flexibility index (Phi) is 3.78. The molecule has 0 radical (unpaired) electrons. The zero-order chi connectivity index (χ0) is 12.1. The molecule has 17 heavy (non-hydrogen) atoms. The molecule has 94 valence electrons. The molecule has 2 heterocycles. The lowest BCUT2D eigenvalue weighted by molar-refractivity contribution is -0.129. The second-order valence-electron chi connectivity index (χ2n) is 4.88. The first-order chi connectivity index (χ1) is 8.21. The maximum atomic E-state index is 12.0. The molecule has 0 bridgehead atoms. The highest BCUT2D eigenvalue weighted by atomic mass is 16.2. The average Bonchev–Trinajstić information content (AvgIpc) is 2.96. The van der Waals surface area contributed by atoms with Crippen LogP contribution in [-0.2, 0) is 11.2 Å². The van der Waals surface area contributed by atoms with Gasteiger partial charge in [-0.2, -0.15) is 0 Å². The van der Waals surface area contributed by atoms with Crippen molar-refractivity contribution in [2.24, 2.45) is 5.41 Å². The SMILES string of the molecule is CC1(C(=O)NCCCc2ncc[nH]2)CCNC1. The van der Waals surface area contributed by atoms with E-state index in [4.69, 9.17) is 0 Å². The van der Waals surface area contributed by atoms with Crippen LogP contribution < -0.4 is 10.6 Å². The van der Waals surface area contributed by atoms with Gasteiger partial charge in [-0.15, -0.1) is 0 Å². The van der Waals surface area contributed by atoms with E-state index in [1.165, 1.54) is 0 Å². The number of rotatable bonds is 5. The van der Waals surface area contributed by atoms with Crippen molar-refractivity contribution in [3.05, 3.63) is 18.2 Å². The molecule has 5 nitrogen and oxygen atoms in total. The van der Waals surface area contributed by atoms with Gasteiger partial charge in [-0.3, -0.25) is 4.79 Å². The number of H-pyrrole nitrogens is 1. The van der Waals surface area contributed by atoms with E-state index in [2.05, 4.69) is 20.6 Å². The smallest absolute Gasteiger partial charge is 0.227 e. The molecule has 0 aromatic carbocycles. The molecule has 3 N–H and O–H groups in total. The summed E-state index contributed by atoms with van der Waals surface area (Å²) < 4.78 is 0. The van der Waals surface area contributed by atoms with Crippen molar-refractivity contribution in [2.45, 2.75) is 26.2 Å². The third-order valence-corrected chi connectivity index (χ3v) is 3.35. The van der Waals surface area contributed by atoms with Gasteiger partial charge in [0, 0.05) is 31.9 Å². The number of aromatic amines is 1. The molecule has 1 aromatic rings. The van der Waals surface area contributed by atoms with E-state index in [0.29, 0.717) is 0 Å². The Bertz CT molecular complexity index is 355. The summed E-state index contributed by atoms with van der Waals surface area (Å²) in [6.45, 7) is 4.47. The molecule has 1 fully saturated rings. The van der Waals surface area contributed by atoms with Crippen LogP contribution in [0.4, 0.5) is 0 Å². The predicted molar refractivity (Wildman–Crippen MR) is 65.5 cm³/mol. The monoisotopic (exact) mass is 236 g/mol. The molecule has 1 amide bonds. The Labute approximate surface area is 101 Å². The van der Waals surface area contributed by atoms with Gasteiger partial charge in [-0.1, -0.05) is 0 Å². The van der Waals surface area contributed by atoms with Gasteiger partial charge < -0.3 is 15.6 Å². The molecule has 0 saturated carbocycles. The van der Waals surface area contributed by atoms with Crippen molar-refractivity contribution in [3.8, 4) is 0 Å². The summed E-state index contributed by atoms with van der Waals surface area (Å²) in [6.07, 6.45) is 6.29. The molecule has 1 unspecified atom stereocenters. The lowest BCUT2D eigenvalue weighted by Gasteiger charge is -2.21. The second kappa shape index (κ2) is 5.31. The first-order valence-electron chi connectivity index (χ1n) is 6.18. The van der Waals surface area contributed by atoms with Crippen molar-refractivity contribution in [2.75, 3.05) is 19.6 Å². The third kappa shape index (κ3) is 3.06. The molecule has 5 heteroatoms. The van der Waals surface area contributed by atoms with Gasteiger partial charge in [-0.25, -0.2) is 4.98 Å². The standard InChI is InChI=1S/C12H20N4O/c1-12(4-6-13-9-12)11(17)16-5-2-3-10-14-7-8-15-10/h7-8,13H,2-6,9H2,1H3,(H,14,15)(H,16,17). The van der Waals surface area contributed by atoms with Crippen LogP contribution in [0, 0.1) is 5.41 Å². The van der Waals surface area contributed by atoms with Gasteiger partial charge in [0.15, 0.2) is 0 Å². The van der Waals surface area contributed by atoms with Crippen LogP contribution in [-0.4, -0.2) is 35.5 Å². The van der Waals surface area contributed by atoms with Crippen molar-refractivity contribution in [1.29, 1.82) is 0 Å². The molecule has 1 saturated heterocycles. The first kappa shape index (κ1) is 12.1. The Hall–Kier alpha value is -1.36. The highest BCUT2D eigenvalue weighted by molar-refractivity contribution is 5.82. The maximum absolute atomic E-state index is 12.0. The molecule has 1 aliphatic rings. The van der Waals surface area contributed by atoms with E-state index in [1.807, 2.05) is 13.1 Å². The Morgan fingerprint density at radius 1 is 1.65 bits per heavy atom. The highest BCUT2D eigenvalue weighted by Crippen LogP contribution is 2.24. The number of carbonyl (C=O) groups is 1. The molecule has 0 spiro atoms. The molecular formula is C12H20N4O. The van der Waals surface area contributed by atoms with E-state index in [0.717, 1.165) is 44.7 Å². The quantitative estimate of drug-likeness (QED) is 0.650. The Morgan fingerprint density at radius 2 is 2.53 bits per heavy atom. The number of hydrogen-bond acceptors (Lipinski definition) is 3. The molecule has 0 aliphatic carbocycles. The van der Waals surface area contributed by atoms with Crippen molar-refractivity contribution >= 4 is 5.91 Å². The van der Waals surface area contributed by atoms with E-state index in [9.17, 15) is 4.79 Å². The van der Waals surface area contributed by atoms with Crippen molar-refractivity contribution in [1.82, 2.24) is 20.6 Å². The van der Waals surface area contributed by atoms with Crippen LogP contribution in [0.25, 0.3) is 0 Å². The largest absolute Gasteiger partial charge is 0.356 e. The first-order valence-corrected chi connectivity index (χ1v) is 6.18. The summed E-state index contributed by atoms with van der Waals surface area (Å²) in [5.41, 5.74) is -0.218. The minimum absolute atomic E-state index is 0.168. The average molecular weight is 236 g/mol. The molecule has 2 rings (SSSR count). The number of imidazole rings is 1. The molecule has 1 aromatic heterocycles. The zero-order valence-corrected chi connectivity index (χ0v) is 10.3. The Balaban J connectivity index is 1.66. The van der Waals surface area contributed by atoms with Gasteiger partial charge in [0.1, 0.15) is 5.82 Å². The van der Waals surface area contributed by atoms with Crippen molar-refractivity contribution in [3.63, 3.8) is 0 Å². The van der Waals surface area contributed by atoms with Crippen LogP contribution >= 0.6 is 0 Å². The molecular weight excluding hydrogens is 216 g/mol. The van der Waals surface area contributed by atoms with Crippen LogP contribution in [0.5, 0.6) is 0 Å². The van der Waals surface area contributed by atoms with Gasteiger partial charge in [0.25, 0.3) is 0 Å². The minimum atomic E-state index is -0.218. The van der Waals surface area contributed by atoms with Crippen LogP contribution in [0.1, 0.15) is 25.6 Å². The summed E-state index contributed by atoms with van der Waals surface area (Å²) in [5, 5.41) is 6.24. The van der Waals surface area contributed by atoms with Gasteiger partial charge >= 0.3 is 0 Å². The lowest BCUT2D eigenvalue weighted by Crippen LogP contribution is -2.40. The van der Waals surface area contributed by atoms with E-state index in [-0.39, 0.29) is 11.3 Å². The fourth-order valence-electron chi connectivity index (χ4n) is 2.12. The van der Waals surface area contributed by atoms with E-state index >= 15 is 0 Å². The number of amides is 1. The second-order valence-corrected chi connectivity index (χ2v) is 4.88. The predicted octanol–water partition coefficient (Wildman–Crippen LogP) is 0.458. The number of hydrogen-bond donors (Lipinski definition) is 3. The van der Waals surface area contributed by atoms with Crippen molar-refractivity contribution < 1.29 is 4.79 Å². The van der Waals surface area contributed by atoms with E-state index < -0.39 is 0 Å². The van der Waals surface area contributed by atoms with E-state index in [1.54, 1.807) is 6.20 Å². The number of nitrogens with zero attached hydrogens (tertiary/aromatic N) is 1. The third-order valence-electron chi connectivity index (χ3n) is 3.35. The summed E-state index contributed by atoms with van der Waals surface area (Å²) in [4.78, 5) is 19.2. The summed E-state index contributed by atoms with van der Waals surface area (Å²) >= 11 is 0. The van der Waals surface area contributed by atoms with Gasteiger partial charge in [0.2, 0.25) is 5.91 Å². The minimum Gasteiger partial charge on any atom is -0.356 e. The summed E-state index contributed by atoms with van der Waals surface area (Å²) in [5.74, 6) is 1.15. The van der Waals surface area contributed by atoms with Crippen LogP contribution in [0.3, 0.4) is 0 Å². The van der Waals surface area contributed by atoms with Crippen LogP contribution in [0.15, 0.2) is 12.4 Å². The summed E-state index contributed by atoms with van der Waals surface area (Å²) in [7, 11) is 0. The topological polar surface area (TPSA) is 69.8 Å².